The molecular formula is C22H27ClN2O3S. The minimum absolute atomic E-state index is 0.0294. The van der Waals surface area contributed by atoms with Crippen molar-refractivity contribution in [1.29, 1.82) is 0 Å². The number of ether oxygens (including phenoxy) is 1. The molecular weight excluding hydrogens is 408 g/mol. The van der Waals surface area contributed by atoms with Crippen LogP contribution in [0.1, 0.15) is 43.7 Å². The van der Waals surface area contributed by atoms with E-state index in [9.17, 15) is 9.59 Å². The molecule has 0 fully saturated rings. The van der Waals surface area contributed by atoms with Crippen molar-refractivity contribution in [3.8, 4) is 5.75 Å². The van der Waals surface area contributed by atoms with E-state index in [2.05, 4.69) is 11.4 Å². The summed E-state index contributed by atoms with van der Waals surface area (Å²) in [4.78, 5) is 30.1. The first-order valence-electron chi connectivity index (χ1n) is 9.92. The Hall–Kier alpha value is -2.05. The van der Waals surface area contributed by atoms with Gasteiger partial charge >= 0.3 is 0 Å². The monoisotopic (exact) mass is 434 g/mol. The molecule has 0 spiro atoms. The van der Waals surface area contributed by atoms with E-state index >= 15 is 0 Å². The quantitative estimate of drug-likeness (QED) is 0.642. The van der Waals surface area contributed by atoms with Gasteiger partial charge in [0.05, 0.1) is 12.6 Å². The average molecular weight is 435 g/mol. The molecule has 2 aromatic rings. The lowest BCUT2D eigenvalue weighted by Crippen LogP contribution is -2.49. The fraction of sp³-hybridized carbons (Fsp3) is 0.455. The van der Waals surface area contributed by atoms with E-state index in [1.807, 2.05) is 30.9 Å². The summed E-state index contributed by atoms with van der Waals surface area (Å²) in [6.07, 6.45) is 1.64. The lowest BCUT2D eigenvalue weighted by atomic mass is 10.00. The third-order valence-electron chi connectivity index (χ3n) is 5.47. The Kier molecular flexibility index (Phi) is 7.19. The molecule has 0 saturated heterocycles. The summed E-state index contributed by atoms with van der Waals surface area (Å²) in [7, 11) is 0. The first-order chi connectivity index (χ1) is 13.9. The van der Waals surface area contributed by atoms with Crippen LogP contribution in [0.15, 0.2) is 35.7 Å². The molecule has 0 aliphatic carbocycles. The van der Waals surface area contributed by atoms with Crippen LogP contribution in [0.4, 0.5) is 0 Å². The maximum Gasteiger partial charge on any atom is 0.242 e. The topological polar surface area (TPSA) is 49.9 Å². The summed E-state index contributed by atoms with van der Waals surface area (Å²) >= 11 is 7.67. The number of benzene rings is 1. The normalized spacial score (nSPS) is 16.8. The van der Waals surface area contributed by atoms with Crippen molar-refractivity contribution in [3.63, 3.8) is 0 Å². The third kappa shape index (κ3) is 5.11. The largest absolute Gasteiger partial charge is 0.491 e. The van der Waals surface area contributed by atoms with Gasteiger partial charge in [0.25, 0.3) is 0 Å². The summed E-state index contributed by atoms with van der Waals surface area (Å²) in [6, 6.07) is 9.16. The standard InChI is InChI=1S/C22H27ClN2O3S/c1-4-15(2)25(16(3)26)13-22(27)24-11-9-21-19(10-12-29-21)20(24)14-28-18-7-5-17(23)6-8-18/h5-8,10,12,15,20H,4,9,11,13-14H2,1-3H3/t15-,20-/m1/s1. The van der Waals surface area contributed by atoms with Gasteiger partial charge in [-0.1, -0.05) is 18.5 Å². The highest BCUT2D eigenvalue weighted by Crippen LogP contribution is 2.34. The van der Waals surface area contributed by atoms with Crippen molar-refractivity contribution < 1.29 is 14.3 Å². The van der Waals surface area contributed by atoms with Crippen LogP contribution in [0.25, 0.3) is 0 Å². The van der Waals surface area contributed by atoms with E-state index in [1.165, 1.54) is 11.8 Å². The molecule has 156 valence electrons. The second-order valence-corrected chi connectivity index (χ2v) is 8.76. The highest BCUT2D eigenvalue weighted by Gasteiger charge is 2.33. The van der Waals surface area contributed by atoms with Crippen LogP contribution in [-0.4, -0.2) is 47.4 Å². The van der Waals surface area contributed by atoms with E-state index in [4.69, 9.17) is 16.3 Å². The first kappa shape index (κ1) is 21.7. The second kappa shape index (κ2) is 9.63. The van der Waals surface area contributed by atoms with Crippen LogP contribution < -0.4 is 4.74 Å². The predicted molar refractivity (Wildman–Crippen MR) is 117 cm³/mol. The van der Waals surface area contributed by atoms with Gasteiger partial charge in [-0.15, -0.1) is 11.3 Å². The molecule has 0 N–H and O–H groups in total. The molecule has 7 heteroatoms. The number of carbonyl (C=O) groups is 2. The van der Waals surface area contributed by atoms with Gasteiger partial charge in [0.1, 0.15) is 12.4 Å². The van der Waals surface area contributed by atoms with Crippen molar-refractivity contribution in [2.75, 3.05) is 19.7 Å². The Balaban J connectivity index is 1.77. The van der Waals surface area contributed by atoms with E-state index < -0.39 is 0 Å². The number of thiophene rings is 1. The zero-order valence-corrected chi connectivity index (χ0v) is 18.6. The molecule has 0 unspecified atom stereocenters. The summed E-state index contributed by atoms with van der Waals surface area (Å²) in [5, 5.41) is 2.72. The molecule has 0 bridgehead atoms. The Morgan fingerprint density at radius 1 is 1.31 bits per heavy atom. The lowest BCUT2D eigenvalue weighted by molar-refractivity contribution is -0.143. The minimum Gasteiger partial charge on any atom is -0.491 e. The minimum atomic E-state index is -0.168. The molecule has 0 saturated carbocycles. The number of nitrogens with zero attached hydrogens (tertiary/aromatic N) is 2. The fourth-order valence-corrected chi connectivity index (χ4v) is 4.67. The zero-order valence-electron chi connectivity index (χ0n) is 17.1. The smallest absolute Gasteiger partial charge is 0.242 e. The Bertz CT molecular complexity index is 852. The van der Waals surface area contributed by atoms with Gasteiger partial charge in [-0.2, -0.15) is 0 Å². The molecule has 1 aliphatic rings. The fourth-order valence-electron chi connectivity index (χ4n) is 3.62. The number of fused-ring (bicyclic) bond motifs is 1. The van der Waals surface area contributed by atoms with Crippen molar-refractivity contribution in [2.24, 2.45) is 0 Å². The van der Waals surface area contributed by atoms with Crippen LogP contribution in [0.5, 0.6) is 5.75 Å². The molecule has 29 heavy (non-hydrogen) atoms. The van der Waals surface area contributed by atoms with Gasteiger partial charge in [-0.3, -0.25) is 9.59 Å². The van der Waals surface area contributed by atoms with Gasteiger partial charge in [0.15, 0.2) is 0 Å². The first-order valence-corrected chi connectivity index (χ1v) is 11.2. The van der Waals surface area contributed by atoms with Crippen LogP contribution in [-0.2, 0) is 16.0 Å². The summed E-state index contributed by atoms with van der Waals surface area (Å²) in [5.74, 6) is 0.603. The molecule has 3 rings (SSSR count). The second-order valence-electron chi connectivity index (χ2n) is 7.32. The van der Waals surface area contributed by atoms with E-state index in [0.717, 1.165) is 18.4 Å². The number of amides is 2. The predicted octanol–water partition coefficient (Wildman–Crippen LogP) is 4.55. The number of carbonyl (C=O) groups excluding carboxylic acids is 2. The third-order valence-corrected chi connectivity index (χ3v) is 6.72. The van der Waals surface area contributed by atoms with Crippen molar-refractivity contribution >= 4 is 34.8 Å². The number of rotatable bonds is 7. The molecule has 2 amide bonds. The van der Waals surface area contributed by atoms with E-state index in [0.29, 0.717) is 23.9 Å². The van der Waals surface area contributed by atoms with E-state index in [1.54, 1.807) is 28.4 Å². The van der Waals surface area contributed by atoms with Crippen molar-refractivity contribution in [3.05, 3.63) is 51.2 Å². The van der Waals surface area contributed by atoms with Gasteiger partial charge in [0, 0.05) is 29.4 Å². The molecule has 2 heterocycles. The molecule has 0 radical (unpaired) electrons. The highest BCUT2D eigenvalue weighted by molar-refractivity contribution is 7.10. The maximum atomic E-state index is 13.2. The maximum absolute atomic E-state index is 13.2. The zero-order chi connectivity index (χ0) is 21.0. The Morgan fingerprint density at radius 3 is 2.69 bits per heavy atom. The Labute approximate surface area is 181 Å². The number of halogens is 1. The van der Waals surface area contributed by atoms with Gasteiger partial charge in [-0.25, -0.2) is 0 Å². The van der Waals surface area contributed by atoms with Crippen LogP contribution in [0.3, 0.4) is 0 Å². The molecule has 1 aromatic carbocycles. The van der Waals surface area contributed by atoms with Gasteiger partial charge in [-0.05, 0) is 61.0 Å². The number of hydrogen-bond acceptors (Lipinski definition) is 4. The highest BCUT2D eigenvalue weighted by atomic mass is 35.5. The average Bonchev–Trinajstić information content (AvgIpc) is 3.19. The Morgan fingerprint density at radius 2 is 2.03 bits per heavy atom. The van der Waals surface area contributed by atoms with E-state index in [-0.39, 0.29) is 30.4 Å². The van der Waals surface area contributed by atoms with Gasteiger partial charge < -0.3 is 14.5 Å². The number of hydrogen-bond donors (Lipinski definition) is 0. The SMILES string of the molecule is CC[C@@H](C)N(CC(=O)N1CCc2sccc2[C@H]1COc1ccc(Cl)cc1)C(C)=O. The molecule has 1 aliphatic heterocycles. The molecule has 2 atom stereocenters. The van der Waals surface area contributed by atoms with Crippen LogP contribution in [0.2, 0.25) is 5.02 Å². The van der Waals surface area contributed by atoms with Crippen LogP contribution in [0, 0.1) is 0 Å². The summed E-state index contributed by atoms with van der Waals surface area (Å²) in [6.45, 7) is 6.61. The summed E-state index contributed by atoms with van der Waals surface area (Å²) < 4.78 is 6.00. The van der Waals surface area contributed by atoms with Gasteiger partial charge in [0.2, 0.25) is 11.8 Å². The molecule has 1 aromatic heterocycles. The van der Waals surface area contributed by atoms with Crippen molar-refractivity contribution in [1.82, 2.24) is 9.80 Å². The van der Waals surface area contributed by atoms with Crippen molar-refractivity contribution in [2.45, 2.75) is 45.7 Å². The van der Waals surface area contributed by atoms with Crippen LogP contribution >= 0.6 is 22.9 Å². The lowest BCUT2D eigenvalue weighted by Gasteiger charge is -2.37. The summed E-state index contributed by atoms with van der Waals surface area (Å²) in [5.41, 5.74) is 1.14. The molecule has 5 nitrogen and oxygen atoms in total.